The number of hydrogen-bond acceptors (Lipinski definition) is 0. The van der Waals surface area contributed by atoms with E-state index in [2.05, 4.69) is 15.9 Å². The third kappa shape index (κ3) is 4.51. The van der Waals surface area contributed by atoms with Crippen LogP contribution in [0.1, 0.15) is 60.4 Å². The van der Waals surface area contributed by atoms with Crippen molar-refractivity contribution < 1.29 is 13.2 Å². The van der Waals surface area contributed by atoms with E-state index < -0.39 is 17.4 Å². The van der Waals surface area contributed by atoms with Gasteiger partial charge in [0.1, 0.15) is 0 Å². The first-order valence-corrected chi connectivity index (χ1v) is 7.68. The molecule has 0 spiro atoms. The number of benzene rings is 1. The van der Waals surface area contributed by atoms with E-state index in [0.29, 0.717) is 11.5 Å². The van der Waals surface area contributed by atoms with Gasteiger partial charge in [-0.2, -0.15) is 13.2 Å². The molecule has 1 saturated carbocycles. The van der Waals surface area contributed by atoms with E-state index in [1.807, 2.05) is 24.3 Å². The van der Waals surface area contributed by atoms with E-state index in [0.717, 1.165) is 0 Å². The Bertz CT molecular complexity index is 391. The molecule has 0 saturated heterocycles. The van der Waals surface area contributed by atoms with Crippen LogP contribution >= 0.6 is 15.9 Å². The zero-order valence-electron chi connectivity index (χ0n) is 10.7. The van der Waals surface area contributed by atoms with Gasteiger partial charge in [-0.3, -0.25) is 0 Å². The molecular formula is C15H18BrF3. The van der Waals surface area contributed by atoms with Gasteiger partial charge >= 0.3 is 6.18 Å². The highest BCUT2D eigenvalue weighted by Gasteiger charge is 2.31. The summed E-state index contributed by atoms with van der Waals surface area (Å²) < 4.78 is 37.0. The quantitative estimate of drug-likeness (QED) is 0.584. The molecule has 1 atom stereocenters. The van der Waals surface area contributed by atoms with Crippen molar-refractivity contribution in [3.63, 3.8) is 0 Å². The maximum Gasteiger partial charge on any atom is 0.390 e. The van der Waals surface area contributed by atoms with Crippen molar-refractivity contribution >= 4 is 15.9 Å². The first kappa shape index (κ1) is 14.9. The molecule has 0 aliphatic heterocycles. The molecule has 0 radical (unpaired) electrons. The first-order chi connectivity index (χ1) is 8.96. The maximum absolute atomic E-state index is 12.3. The molecule has 19 heavy (non-hydrogen) atoms. The van der Waals surface area contributed by atoms with E-state index in [4.69, 9.17) is 0 Å². The Balaban J connectivity index is 2.01. The molecule has 2 rings (SSSR count). The fourth-order valence-corrected chi connectivity index (χ4v) is 3.41. The summed E-state index contributed by atoms with van der Waals surface area (Å²) >= 11 is 3.12. The van der Waals surface area contributed by atoms with Gasteiger partial charge in [0.05, 0.1) is 6.42 Å². The van der Waals surface area contributed by atoms with Crippen LogP contribution in [0.5, 0.6) is 0 Å². The van der Waals surface area contributed by atoms with Crippen molar-refractivity contribution in [2.45, 2.75) is 55.4 Å². The standard InChI is InChI=1S/C15H18BrF3/c16-14(10-15(17,18)19)13-8-6-12(7-9-13)11-4-2-1-3-5-11/h6-9,11,14H,1-5,10H2. The second kappa shape index (κ2) is 6.29. The Hall–Kier alpha value is -0.510. The highest BCUT2D eigenvalue weighted by atomic mass is 79.9. The Morgan fingerprint density at radius 2 is 1.63 bits per heavy atom. The Morgan fingerprint density at radius 1 is 1.05 bits per heavy atom. The molecule has 1 aromatic carbocycles. The third-order valence-corrected chi connectivity index (χ3v) is 4.64. The minimum atomic E-state index is -4.13. The van der Waals surface area contributed by atoms with Crippen molar-refractivity contribution in [3.8, 4) is 0 Å². The molecular weight excluding hydrogens is 317 g/mol. The summed E-state index contributed by atoms with van der Waals surface area (Å²) in [6, 6.07) is 7.65. The maximum atomic E-state index is 12.3. The second-order valence-electron chi connectivity index (χ2n) is 5.29. The van der Waals surface area contributed by atoms with E-state index in [1.54, 1.807) is 0 Å². The summed E-state index contributed by atoms with van der Waals surface area (Å²) in [4.78, 5) is -0.645. The van der Waals surface area contributed by atoms with Gasteiger partial charge in [-0.05, 0) is 29.9 Å². The number of rotatable bonds is 3. The number of hydrogen-bond donors (Lipinski definition) is 0. The van der Waals surface area contributed by atoms with E-state index in [9.17, 15) is 13.2 Å². The smallest absolute Gasteiger partial charge is 0.171 e. The summed E-state index contributed by atoms with van der Waals surface area (Å²) in [5, 5.41) is 0. The van der Waals surface area contributed by atoms with Crippen LogP contribution in [0.15, 0.2) is 24.3 Å². The van der Waals surface area contributed by atoms with Gasteiger partial charge in [-0.15, -0.1) is 0 Å². The van der Waals surface area contributed by atoms with Crippen LogP contribution in [0.25, 0.3) is 0 Å². The molecule has 106 valence electrons. The van der Waals surface area contributed by atoms with Crippen LogP contribution in [0, 0.1) is 0 Å². The number of halogens is 4. The van der Waals surface area contributed by atoms with E-state index in [1.165, 1.54) is 37.7 Å². The molecule has 0 amide bonds. The predicted octanol–water partition coefficient (Wildman–Crippen LogP) is 6.12. The second-order valence-corrected chi connectivity index (χ2v) is 6.39. The fraction of sp³-hybridized carbons (Fsp3) is 0.600. The summed E-state index contributed by atoms with van der Waals surface area (Å²) in [5.74, 6) is 0.596. The Kier molecular flexibility index (Phi) is 4.93. The van der Waals surface area contributed by atoms with Gasteiger partial charge in [0.15, 0.2) is 0 Å². The van der Waals surface area contributed by atoms with Crippen molar-refractivity contribution in [3.05, 3.63) is 35.4 Å². The van der Waals surface area contributed by atoms with Gasteiger partial charge in [-0.1, -0.05) is 59.5 Å². The van der Waals surface area contributed by atoms with Crippen LogP contribution in [-0.2, 0) is 0 Å². The van der Waals surface area contributed by atoms with Gasteiger partial charge < -0.3 is 0 Å². The van der Waals surface area contributed by atoms with Crippen molar-refractivity contribution in [1.82, 2.24) is 0 Å². The highest BCUT2D eigenvalue weighted by molar-refractivity contribution is 9.09. The summed E-state index contributed by atoms with van der Waals surface area (Å²) in [7, 11) is 0. The average Bonchev–Trinajstić information content (AvgIpc) is 2.38. The van der Waals surface area contributed by atoms with Crippen molar-refractivity contribution in [2.75, 3.05) is 0 Å². The minimum absolute atomic E-state index is 0.596. The molecule has 0 bridgehead atoms. The normalized spacial score (nSPS) is 19.4. The van der Waals surface area contributed by atoms with Crippen molar-refractivity contribution in [2.24, 2.45) is 0 Å². The predicted molar refractivity (Wildman–Crippen MR) is 74.6 cm³/mol. The topological polar surface area (TPSA) is 0 Å². The van der Waals surface area contributed by atoms with Crippen LogP contribution in [0.2, 0.25) is 0 Å². The third-order valence-electron chi connectivity index (χ3n) is 3.79. The van der Waals surface area contributed by atoms with Crippen LogP contribution in [0.4, 0.5) is 13.2 Å². The zero-order chi connectivity index (χ0) is 13.9. The largest absolute Gasteiger partial charge is 0.390 e. The molecule has 1 aromatic rings. The monoisotopic (exact) mass is 334 g/mol. The van der Waals surface area contributed by atoms with E-state index in [-0.39, 0.29) is 0 Å². The Labute approximate surface area is 120 Å². The van der Waals surface area contributed by atoms with Crippen LogP contribution < -0.4 is 0 Å². The average molecular weight is 335 g/mol. The lowest BCUT2D eigenvalue weighted by Crippen LogP contribution is -2.10. The minimum Gasteiger partial charge on any atom is -0.171 e. The van der Waals surface area contributed by atoms with Crippen LogP contribution in [0.3, 0.4) is 0 Å². The lowest BCUT2D eigenvalue weighted by molar-refractivity contribution is -0.134. The molecule has 1 unspecified atom stereocenters. The lowest BCUT2D eigenvalue weighted by Gasteiger charge is -2.22. The summed E-state index contributed by atoms with van der Waals surface area (Å²) in [6.07, 6.45) is 1.30. The SMILES string of the molecule is FC(F)(F)CC(Br)c1ccc(C2CCCCC2)cc1. The Morgan fingerprint density at radius 3 is 2.16 bits per heavy atom. The number of alkyl halides is 4. The van der Waals surface area contributed by atoms with Gasteiger partial charge in [-0.25, -0.2) is 0 Å². The van der Waals surface area contributed by atoms with Gasteiger partial charge in [0.25, 0.3) is 0 Å². The summed E-state index contributed by atoms with van der Waals surface area (Å²) in [6.45, 7) is 0. The molecule has 4 heteroatoms. The molecule has 0 N–H and O–H groups in total. The van der Waals surface area contributed by atoms with E-state index >= 15 is 0 Å². The summed E-state index contributed by atoms with van der Waals surface area (Å²) in [5.41, 5.74) is 1.98. The lowest BCUT2D eigenvalue weighted by atomic mass is 9.84. The fourth-order valence-electron chi connectivity index (χ4n) is 2.73. The molecule has 0 heterocycles. The molecule has 1 aliphatic carbocycles. The molecule has 0 nitrogen and oxygen atoms in total. The van der Waals surface area contributed by atoms with Crippen molar-refractivity contribution in [1.29, 1.82) is 0 Å². The van der Waals surface area contributed by atoms with Crippen LogP contribution in [-0.4, -0.2) is 6.18 Å². The molecule has 1 aliphatic rings. The molecule has 0 aromatic heterocycles. The van der Waals surface area contributed by atoms with Gasteiger partial charge in [0, 0.05) is 4.83 Å². The first-order valence-electron chi connectivity index (χ1n) is 6.76. The van der Waals surface area contributed by atoms with Gasteiger partial charge in [0.2, 0.25) is 0 Å². The highest BCUT2D eigenvalue weighted by Crippen LogP contribution is 2.37. The molecule has 1 fully saturated rings. The zero-order valence-corrected chi connectivity index (χ0v) is 12.3.